The van der Waals surface area contributed by atoms with Gasteiger partial charge in [-0.1, -0.05) is 72.8 Å². The van der Waals surface area contributed by atoms with Crippen LogP contribution in [0.5, 0.6) is 0 Å². The number of esters is 2. The highest BCUT2D eigenvalue weighted by Gasteiger charge is 2.48. The van der Waals surface area contributed by atoms with Gasteiger partial charge in [-0.2, -0.15) is 0 Å². The highest BCUT2D eigenvalue weighted by Crippen LogP contribution is 2.48. The van der Waals surface area contributed by atoms with Crippen molar-refractivity contribution in [3.05, 3.63) is 89.9 Å². The van der Waals surface area contributed by atoms with Crippen LogP contribution in [0.3, 0.4) is 0 Å². The zero-order chi connectivity index (χ0) is 42.7. The van der Waals surface area contributed by atoms with Crippen LogP contribution in [0.25, 0.3) is 23.8 Å². The van der Waals surface area contributed by atoms with Crippen LogP contribution in [0.4, 0.5) is 0 Å². The molecule has 3 aromatic rings. The van der Waals surface area contributed by atoms with Gasteiger partial charge in [0.1, 0.15) is 12.5 Å². The Morgan fingerprint density at radius 2 is 1.53 bits per heavy atom. The summed E-state index contributed by atoms with van der Waals surface area (Å²) in [5.74, 6) is -1.03. The fourth-order valence-corrected chi connectivity index (χ4v) is 9.70. The number of aromatic nitrogens is 3. The number of Topliss-reactive ketones (excluding diaryl/α,β-unsaturated/α-hetero) is 1. The number of hydrogen-bond donors (Lipinski definition) is 4. The van der Waals surface area contributed by atoms with E-state index in [1.807, 2.05) is 13.0 Å². The van der Waals surface area contributed by atoms with Gasteiger partial charge in [-0.25, -0.2) is 0 Å². The third-order valence-corrected chi connectivity index (χ3v) is 13.4. The van der Waals surface area contributed by atoms with Gasteiger partial charge in [-0.3, -0.25) is 14.4 Å². The molecular formula is C50H68N4O5. The molecule has 2 aliphatic heterocycles. The molecule has 0 saturated carbocycles. The van der Waals surface area contributed by atoms with Crippen molar-refractivity contribution < 1.29 is 23.9 Å². The van der Waals surface area contributed by atoms with Crippen LogP contribution >= 0.6 is 0 Å². The van der Waals surface area contributed by atoms with Gasteiger partial charge in [0.15, 0.2) is 5.78 Å². The van der Waals surface area contributed by atoms with Crippen molar-refractivity contribution in [2.24, 2.45) is 29.6 Å². The molecule has 0 aromatic carbocycles. The molecular weight excluding hydrogens is 737 g/mol. The van der Waals surface area contributed by atoms with Crippen LogP contribution in [0, 0.1) is 50.4 Å². The number of hydrogen-bond acceptors (Lipinski definition) is 6. The SMILES string of the molecule is CCc1c2[nH]c(c1C)/C=C1\N/C(=C3\c4[nH]c(c(C)c4C(=O)[C@@H]3C(=O)OC)/C=c3\[nH]/c(c(C)c3CC)=C\2)[C@@H](CCC(=O)OC/C=C(/C)CCC[C@H](C)CCCC(C)C)[C@@H]1C. The number of ketones is 1. The summed E-state index contributed by atoms with van der Waals surface area (Å²) in [4.78, 5) is 52.3. The van der Waals surface area contributed by atoms with Crippen molar-refractivity contribution in [1.29, 1.82) is 0 Å². The van der Waals surface area contributed by atoms with E-state index in [1.54, 1.807) is 0 Å². The average Bonchev–Trinajstić information content (AvgIpc) is 3.94. The lowest BCUT2D eigenvalue weighted by Gasteiger charge is -2.19. The Morgan fingerprint density at radius 1 is 0.831 bits per heavy atom. The number of carbonyl (C=O) groups is 3. The second kappa shape index (κ2) is 18.6. The van der Waals surface area contributed by atoms with E-state index in [-0.39, 0.29) is 36.6 Å². The third-order valence-electron chi connectivity index (χ3n) is 13.4. The quantitative estimate of drug-likeness (QED) is 0.0650. The van der Waals surface area contributed by atoms with E-state index in [4.69, 9.17) is 9.47 Å². The number of nitrogens with one attached hydrogen (secondary N) is 4. The molecule has 3 aliphatic rings. The summed E-state index contributed by atoms with van der Waals surface area (Å²) in [6.45, 7) is 22.0. The van der Waals surface area contributed by atoms with E-state index in [1.165, 1.54) is 60.6 Å². The van der Waals surface area contributed by atoms with Gasteiger partial charge >= 0.3 is 11.9 Å². The second-order valence-corrected chi connectivity index (χ2v) is 17.9. The van der Waals surface area contributed by atoms with E-state index < -0.39 is 11.9 Å². The van der Waals surface area contributed by atoms with E-state index in [2.05, 4.69) is 101 Å². The van der Waals surface area contributed by atoms with Crippen LogP contribution in [0.2, 0.25) is 0 Å². The van der Waals surface area contributed by atoms with Crippen molar-refractivity contribution in [3.8, 4) is 0 Å². The van der Waals surface area contributed by atoms with Gasteiger partial charge in [0.2, 0.25) is 0 Å². The van der Waals surface area contributed by atoms with Crippen LogP contribution < -0.4 is 16.0 Å². The zero-order valence-electron chi connectivity index (χ0n) is 37.5. The zero-order valence-corrected chi connectivity index (χ0v) is 37.5. The van der Waals surface area contributed by atoms with Crippen molar-refractivity contribution in [1.82, 2.24) is 20.3 Å². The molecule has 59 heavy (non-hydrogen) atoms. The molecule has 9 nitrogen and oxygen atoms in total. The highest BCUT2D eigenvalue weighted by atomic mass is 16.5. The van der Waals surface area contributed by atoms with E-state index in [0.29, 0.717) is 23.3 Å². The molecule has 0 radical (unpaired) electrons. The summed E-state index contributed by atoms with van der Waals surface area (Å²) in [7, 11) is 1.33. The van der Waals surface area contributed by atoms with E-state index in [9.17, 15) is 14.4 Å². The van der Waals surface area contributed by atoms with Gasteiger partial charge < -0.3 is 29.7 Å². The fourth-order valence-electron chi connectivity index (χ4n) is 9.70. The number of allylic oxidation sites excluding steroid dienone is 3. The minimum Gasteiger partial charge on any atom is -0.468 e. The molecule has 318 valence electrons. The molecule has 9 heteroatoms. The normalized spacial score (nSPS) is 22.4. The second-order valence-electron chi connectivity index (χ2n) is 17.9. The van der Waals surface area contributed by atoms with E-state index in [0.717, 1.165) is 82.3 Å². The largest absolute Gasteiger partial charge is 0.468 e. The maximum Gasteiger partial charge on any atom is 0.321 e. The molecule has 0 unspecified atom stereocenters. The maximum atomic E-state index is 14.4. The van der Waals surface area contributed by atoms with Crippen LogP contribution in [0.1, 0.15) is 161 Å². The van der Waals surface area contributed by atoms with Gasteiger partial charge in [0.25, 0.3) is 0 Å². The Hall–Kier alpha value is -4.79. The Morgan fingerprint density at radius 3 is 2.22 bits per heavy atom. The first-order valence-corrected chi connectivity index (χ1v) is 22.2. The van der Waals surface area contributed by atoms with Crippen LogP contribution in [-0.4, -0.2) is 46.4 Å². The lowest BCUT2D eigenvalue weighted by molar-refractivity contribution is -0.143. The monoisotopic (exact) mass is 805 g/mol. The minimum atomic E-state index is -1.13. The molecule has 1 saturated heterocycles. The van der Waals surface area contributed by atoms with Crippen molar-refractivity contribution in [3.63, 3.8) is 0 Å². The number of methoxy groups -OCH3 is 1. The topological polar surface area (TPSA) is 129 Å². The molecule has 8 bridgehead atoms. The molecule has 1 fully saturated rings. The summed E-state index contributed by atoms with van der Waals surface area (Å²) in [6, 6.07) is 0. The summed E-state index contributed by atoms with van der Waals surface area (Å²) < 4.78 is 11.1. The predicted octanol–water partition coefficient (Wildman–Crippen LogP) is 9.19. The van der Waals surface area contributed by atoms with Crippen LogP contribution in [0.15, 0.2) is 23.0 Å². The number of ether oxygens (including phenoxy) is 2. The summed E-state index contributed by atoms with van der Waals surface area (Å²) in [5.41, 5.74) is 13.2. The maximum absolute atomic E-state index is 14.4. The number of H-pyrrole nitrogens is 3. The molecule has 6 rings (SSSR count). The lowest BCUT2D eigenvalue weighted by atomic mass is 9.85. The Kier molecular flexibility index (Phi) is 13.8. The third kappa shape index (κ3) is 9.04. The molecule has 3 aromatic heterocycles. The molecule has 5 heterocycles. The highest BCUT2D eigenvalue weighted by molar-refractivity contribution is 6.24. The molecule has 0 spiro atoms. The average molecular weight is 805 g/mol. The molecule has 1 aliphatic carbocycles. The first-order chi connectivity index (χ1) is 28.2. The summed E-state index contributed by atoms with van der Waals surface area (Å²) >= 11 is 0. The summed E-state index contributed by atoms with van der Waals surface area (Å²) in [5, 5.41) is 5.75. The van der Waals surface area contributed by atoms with Gasteiger partial charge in [-0.15, -0.1) is 0 Å². The first kappa shape index (κ1) is 43.8. The summed E-state index contributed by atoms with van der Waals surface area (Å²) in [6.07, 6.45) is 18.1. The number of aromatic amines is 3. The minimum absolute atomic E-state index is 0.0597. The van der Waals surface area contributed by atoms with Crippen LogP contribution in [-0.2, 0) is 31.9 Å². The van der Waals surface area contributed by atoms with Crippen molar-refractivity contribution in [2.45, 2.75) is 133 Å². The molecule has 0 amide bonds. The van der Waals surface area contributed by atoms with Gasteiger partial charge in [0, 0.05) is 68.6 Å². The molecule has 4 N–H and O–H groups in total. The fraction of sp³-hybridized carbons (Fsp3) is 0.540. The number of rotatable bonds is 16. The van der Waals surface area contributed by atoms with E-state index >= 15 is 0 Å². The van der Waals surface area contributed by atoms with Crippen molar-refractivity contribution >= 4 is 41.5 Å². The molecule has 4 atom stereocenters. The van der Waals surface area contributed by atoms with Gasteiger partial charge in [-0.05, 0) is 124 Å². The Bertz CT molecular complexity index is 2310. The van der Waals surface area contributed by atoms with Crippen molar-refractivity contribution in [2.75, 3.05) is 13.7 Å². The lowest BCUT2D eigenvalue weighted by Crippen LogP contribution is -2.25. The van der Waals surface area contributed by atoms with Gasteiger partial charge in [0.05, 0.1) is 12.8 Å². The first-order valence-electron chi connectivity index (χ1n) is 22.2. The Balaban J connectivity index is 1.33. The predicted molar refractivity (Wildman–Crippen MR) is 238 cm³/mol. The number of fused-ring (bicyclic) bond motifs is 7. The number of carbonyl (C=O) groups excluding carboxylic acids is 3. The Labute approximate surface area is 351 Å². The smallest absolute Gasteiger partial charge is 0.321 e. The standard InChI is InChI=1S/C50H68N4O5/c1-12-34-30(7)37-24-39-32(9)36(20-21-43(55)59-23-22-29(6)19-15-18-28(5)17-14-16-27(3)4)47(53-39)45-46(50(57)58-11)49(56)44-33(10)40(54-48(44)45)26-42-35(13-2)31(8)38(52-42)25-41(34)51-37/h22,24-28,32,36,46,51-54H,12-21,23H2,1-11H3/b29-22-,38-25-,39-24-,42-26-,47-45-/t28-,32+,36+,46-/m1/s1.